The van der Waals surface area contributed by atoms with E-state index in [9.17, 15) is 4.79 Å². The van der Waals surface area contributed by atoms with Gasteiger partial charge in [0, 0.05) is 6.20 Å². The third-order valence-electron chi connectivity index (χ3n) is 1.94. The van der Waals surface area contributed by atoms with Crippen molar-refractivity contribution in [2.45, 2.75) is 6.92 Å². The summed E-state index contributed by atoms with van der Waals surface area (Å²) in [6.45, 7) is 1.87. The topological polar surface area (TPSA) is 62.1 Å². The quantitative estimate of drug-likeness (QED) is 0.523. The van der Waals surface area contributed by atoms with Crippen molar-refractivity contribution in [3.05, 3.63) is 40.0 Å². The van der Waals surface area contributed by atoms with Gasteiger partial charge in [-0.2, -0.15) is 5.26 Å². The first-order valence-corrected chi connectivity index (χ1v) is 5.83. The number of hydrogen-bond donors (Lipinski definition) is 1. The molecular weight excluding hydrogens is 275 g/mol. The summed E-state index contributed by atoms with van der Waals surface area (Å²) in [5.41, 5.74) is 0.356. The number of carbonyl (C=O) groups is 1. The number of nitriles is 1. The van der Waals surface area contributed by atoms with Crippen molar-refractivity contribution in [1.82, 2.24) is 0 Å². The normalized spacial score (nSPS) is 10.7. The van der Waals surface area contributed by atoms with Crippen molar-refractivity contribution in [1.29, 1.82) is 5.26 Å². The fourth-order valence-corrected chi connectivity index (χ4v) is 1.47. The lowest BCUT2D eigenvalue weighted by atomic mass is 10.3. The van der Waals surface area contributed by atoms with E-state index in [2.05, 4.69) is 5.32 Å². The van der Waals surface area contributed by atoms with E-state index in [-0.39, 0.29) is 12.2 Å². The molecule has 0 aliphatic carbocycles. The highest BCUT2D eigenvalue weighted by Crippen LogP contribution is 2.29. The Morgan fingerprint density at radius 3 is 2.89 bits per heavy atom. The molecule has 0 radical (unpaired) electrons. The number of hydrogen-bond acceptors (Lipinski definition) is 4. The van der Waals surface area contributed by atoms with Crippen LogP contribution in [-0.4, -0.2) is 12.6 Å². The van der Waals surface area contributed by atoms with E-state index in [0.717, 1.165) is 0 Å². The Morgan fingerprint density at radius 1 is 1.56 bits per heavy atom. The molecule has 0 spiro atoms. The molecular formula is C12H10Cl2N2O2. The van der Waals surface area contributed by atoms with Gasteiger partial charge in [0.15, 0.2) is 5.57 Å². The summed E-state index contributed by atoms with van der Waals surface area (Å²) in [6, 6.07) is 6.74. The summed E-state index contributed by atoms with van der Waals surface area (Å²) in [4.78, 5) is 11.3. The van der Waals surface area contributed by atoms with Gasteiger partial charge >= 0.3 is 5.97 Å². The molecule has 6 heteroatoms. The maximum Gasteiger partial charge on any atom is 0.350 e. The third kappa shape index (κ3) is 3.66. The summed E-state index contributed by atoms with van der Waals surface area (Å²) >= 11 is 11.8. The molecule has 1 aromatic rings. The standard InChI is InChI=1S/C12H10Cl2N2O2/c1-2-18-12(17)8(6-15)7-16-10-5-3-4-9(13)11(10)14/h3-5,7,16H,2H2,1H3/b8-7+. The Morgan fingerprint density at radius 2 is 2.28 bits per heavy atom. The van der Waals surface area contributed by atoms with E-state index in [1.54, 1.807) is 31.2 Å². The van der Waals surface area contributed by atoms with Crippen LogP contribution in [0.3, 0.4) is 0 Å². The molecule has 0 saturated carbocycles. The van der Waals surface area contributed by atoms with Gasteiger partial charge in [-0.15, -0.1) is 0 Å². The smallest absolute Gasteiger partial charge is 0.350 e. The van der Waals surface area contributed by atoms with E-state index in [0.29, 0.717) is 15.7 Å². The minimum Gasteiger partial charge on any atom is -0.462 e. The zero-order valence-electron chi connectivity index (χ0n) is 9.54. The molecule has 0 saturated heterocycles. The number of nitrogens with one attached hydrogen (secondary N) is 1. The molecule has 0 heterocycles. The van der Waals surface area contributed by atoms with Crippen molar-refractivity contribution in [3.8, 4) is 6.07 Å². The van der Waals surface area contributed by atoms with Gasteiger partial charge < -0.3 is 10.1 Å². The van der Waals surface area contributed by atoms with Crippen LogP contribution in [0.5, 0.6) is 0 Å². The highest BCUT2D eigenvalue weighted by Gasteiger charge is 2.10. The summed E-state index contributed by atoms with van der Waals surface area (Å²) in [5.74, 6) is -0.689. The molecule has 0 unspecified atom stereocenters. The number of esters is 1. The van der Waals surface area contributed by atoms with Crippen LogP contribution in [0.4, 0.5) is 5.69 Å². The molecule has 0 bridgehead atoms. The molecule has 18 heavy (non-hydrogen) atoms. The number of ether oxygens (including phenoxy) is 1. The predicted molar refractivity (Wildman–Crippen MR) is 70.4 cm³/mol. The summed E-state index contributed by atoms with van der Waals surface area (Å²) in [5, 5.41) is 12.2. The monoisotopic (exact) mass is 284 g/mol. The fourth-order valence-electron chi connectivity index (χ4n) is 1.11. The van der Waals surface area contributed by atoms with Gasteiger partial charge in [-0.25, -0.2) is 4.79 Å². The minimum atomic E-state index is -0.689. The lowest BCUT2D eigenvalue weighted by Crippen LogP contribution is -2.08. The van der Waals surface area contributed by atoms with Gasteiger partial charge in [-0.05, 0) is 19.1 Å². The number of carbonyl (C=O) groups excluding carboxylic acids is 1. The van der Waals surface area contributed by atoms with E-state index in [1.165, 1.54) is 6.20 Å². The average Bonchev–Trinajstić information content (AvgIpc) is 2.35. The Hall–Kier alpha value is -1.70. The van der Waals surface area contributed by atoms with Crippen molar-refractivity contribution in [2.75, 3.05) is 11.9 Å². The summed E-state index contributed by atoms with van der Waals surface area (Å²) < 4.78 is 4.71. The maximum atomic E-state index is 11.3. The molecule has 0 aromatic heterocycles. The van der Waals surface area contributed by atoms with Crippen LogP contribution in [-0.2, 0) is 9.53 Å². The Balaban J connectivity index is 2.87. The largest absolute Gasteiger partial charge is 0.462 e. The molecule has 0 aliphatic heterocycles. The minimum absolute atomic E-state index is 0.145. The lowest BCUT2D eigenvalue weighted by molar-refractivity contribution is -0.138. The number of anilines is 1. The first-order valence-electron chi connectivity index (χ1n) is 5.08. The van der Waals surface area contributed by atoms with Crippen molar-refractivity contribution >= 4 is 34.9 Å². The highest BCUT2D eigenvalue weighted by molar-refractivity contribution is 6.43. The average molecular weight is 285 g/mol. The van der Waals surface area contributed by atoms with Gasteiger partial charge in [0.05, 0.1) is 22.3 Å². The second-order valence-corrected chi connectivity index (χ2v) is 3.92. The number of nitrogens with zero attached hydrogens (tertiary/aromatic N) is 1. The molecule has 4 nitrogen and oxygen atoms in total. The Kier molecular flexibility index (Phi) is 5.50. The van der Waals surface area contributed by atoms with Crippen LogP contribution in [0.15, 0.2) is 30.0 Å². The molecule has 0 aliphatic rings. The second kappa shape index (κ2) is 6.90. The van der Waals surface area contributed by atoms with Crippen LogP contribution in [0.25, 0.3) is 0 Å². The van der Waals surface area contributed by atoms with E-state index in [1.807, 2.05) is 0 Å². The first kappa shape index (κ1) is 14.4. The van der Waals surface area contributed by atoms with Crippen molar-refractivity contribution in [3.63, 3.8) is 0 Å². The van der Waals surface area contributed by atoms with Gasteiger partial charge in [-0.3, -0.25) is 0 Å². The Bertz CT molecular complexity index is 521. The number of benzene rings is 1. The second-order valence-electron chi connectivity index (χ2n) is 3.14. The molecule has 1 aromatic carbocycles. The predicted octanol–water partition coefficient (Wildman–Crippen LogP) is 3.38. The zero-order valence-corrected chi connectivity index (χ0v) is 11.0. The van der Waals surface area contributed by atoms with Crippen LogP contribution in [0.2, 0.25) is 10.0 Å². The highest BCUT2D eigenvalue weighted by atomic mass is 35.5. The molecule has 0 amide bonds. The summed E-state index contributed by atoms with van der Waals surface area (Å²) in [6.07, 6.45) is 1.23. The van der Waals surface area contributed by atoms with E-state index >= 15 is 0 Å². The van der Waals surface area contributed by atoms with Crippen molar-refractivity contribution in [2.24, 2.45) is 0 Å². The molecule has 0 atom stereocenters. The number of halogens is 2. The molecule has 1 rings (SSSR count). The van der Waals surface area contributed by atoms with E-state index < -0.39 is 5.97 Å². The van der Waals surface area contributed by atoms with Crippen LogP contribution in [0.1, 0.15) is 6.92 Å². The third-order valence-corrected chi connectivity index (χ3v) is 2.76. The maximum absolute atomic E-state index is 11.3. The van der Waals surface area contributed by atoms with Gasteiger partial charge in [0.2, 0.25) is 0 Å². The van der Waals surface area contributed by atoms with Crippen LogP contribution in [0, 0.1) is 11.3 Å². The van der Waals surface area contributed by atoms with Crippen LogP contribution < -0.4 is 5.32 Å². The fraction of sp³-hybridized carbons (Fsp3) is 0.167. The van der Waals surface area contributed by atoms with Crippen molar-refractivity contribution < 1.29 is 9.53 Å². The molecule has 1 N–H and O–H groups in total. The van der Waals surface area contributed by atoms with Gasteiger partial charge in [0.25, 0.3) is 0 Å². The lowest BCUT2D eigenvalue weighted by Gasteiger charge is -2.05. The van der Waals surface area contributed by atoms with Crippen LogP contribution >= 0.6 is 23.2 Å². The Labute approximate surface area is 115 Å². The molecule has 0 fully saturated rings. The van der Waals surface area contributed by atoms with E-state index in [4.69, 9.17) is 33.2 Å². The molecule has 94 valence electrons. The first-order chi connectivity index (χ1) is 8.60. The SMILES string of the molecule is CCOC(=O)/C(C#N)=C/Nc1cccc(Cl)c1Cl. The number of rotatable bonds is 4. The van der Waals surface area contributed by atoms with Gasteiger partial charge in [0.1, 0.15) is 6.07 Å². The zero-order chi connectivity index (χ0) is 13.5. The summed E-state index contributed by atoms with van der Waals surface area (Å²) in [7, 11) is 0. The van der Waals surface area contributed by atoms with Gasteiger partial charge in [-0.1, -0.05) is 29.3 Å².